The summed E-state index contributed by atoms with van der Waals surface area (Å²) in [6, 6.07) is -0.988. The molecule has 2 aromatic rings. The van der Waals surface area contributed by atoms with Crippen molar-refractivity contribution in [3.63, 3.8) is 0 Å². The first-order valence-electron chi connectivity index (χ1n) is 6.55. The molecule has 0 bridgehead atoms. The van der Waals surface area contributed by atoms with Gasteiger partial charge in [-0.1, -0.05) is 0 Å². The number of benzene rings is 1. The maximum Gasteiger partial charge on any atom is 0.421 e. The maximum absolute atomic E-state index is 13.8. The number of carbonyl (C=O) groups is 1. The van der Waals surface area contributed by atoms with Gasteiger partial charge < -0.3 is 9.67 Å². The van der Waals surface area contributed by atoms with Crippen LogP contribution in [-0.4, -0.2) is 21.8 Å². The monoisotopic (exact) mass is 351 g/mol. The fourth-order valence-electron chi connectivity index (χ4n) is 2.58. The molecule has 1 aliphatic carbocycles. The number of hydrogen-bond acceptors (Lipinski definition) is 2. The quantitative estimate of drug-likeness (QED) is 0.845. The molecular weight excluding hydrogens is 344 g/mol. The Bertz CT molecular complexity index is 933. The molecule has 0 spiro atoms. The molecule has 128 valence electrons. The number of nitrogens with zero attached hydrogens (tertiary/aromatic N) is 1. The predicted molar refractivity (Wildman–Crippen MR) is 68.6 cm³/mol. The van der Waals surface area contributed by atoms with Gasteiger partial charge in [0.05, 0.1) is 16.9 Å². The topological polar surface area (TPSA) is 59.3 Å². The third-order valence-electron chi connectivity index (χ3n) is 3.76. The first-order valence-corrected chi connectivity index (χ1v) is 6.55. The summed E-state index contributed by atoms with van der Waals surface area (Å²) in [5, 5.41) is 8.00. The van der Waals surface area contributed by atoms with E-state index in [4.69, 9.17) is 5.11 Å². The molecule has 1 aromatic heterocycles. The number of rotatable bonds is 2. The van der Waals surface area contributed by atoms with E-state index in [9.17, 15) is 35.9 Å². The molecule has 1 saturated carbocycles. The number of carboxylic acid groups (broad SMARTS) is 1. The first-order chi connectivity index (χ1) is 11.0. The summed E-state index contributed by atoms with van der Waals surface area (Å²) in [4.78, 5) is 23.1. The van der Waals surface area contributed by atoms with Crippen LogP contribution < -0.4 is 5.43 Å². The molecule has 0 aliphatic heterocycles. The minimum Gasteiger partial charge on any atom is -0.477 e. The van der Waals surface area contributed by atoms with Crippen molar-refractivity contribution < 1.29 is 36.2 Å². The molecule has 3 rings (SSSR count). The minimum atomic E-state index is -5.37. The average molecular weight is 351 g/mol. The second-order valence-electron chi connectivity index (χ2n) is 5.34. The van der Waals surface area contributed by atoms with E-state index in [1.54, 1.807) is 0 Å². The molecule has 1 heterocycles. The second-order valence-corrected chi connectivity index (χ2v) is 5.34. The SMILES string of the molecule is O=C(O)c1cn(C2CC2F)c2c(C(F)(F)F)c(F)c(F)cc2c1=O. The van der Waals surface area contributed by atoms with E-state index in [1.807, 2.05) is 0 Å². The highest BCUT2D eigenvalue weighted by molar-refractivity contribution is 5.93. The van der Waals surface area contributed by atoms with Gasteiger partial charge in [0, 0.05) is 12.6 Å². The Balaban J connectivity index is 2.56. The molecule has 0 saturated heterocycles. The van der Waals surface area contributed by atoms with E-state index >= 15 is 0 Å². The molecule has 24 heavy (non-hydrogen) atoms. The van der Waals surface area contributed by atoms with Gasteiger partial charge in [-0.2, -0.15) is 13.2 Å². The Morgan fingerprint density at radius 3 is 2.33 bits per heavy atom. The van der Waals surface area contributed by atoms with Crippen molar-refractivity contribution in [2.24, 2.45) is 0 Å². The molecule has 0 amide bonds. The lowest BCUT2D eigenvalue weighted by atomic mass is 10.0. The number of carboxylic acids is 1. The lowest BCUT2D eigenvalue weighted by molar-refractivity contribution is -0.139. The third kappa shape index (κ3) is 2.33. The van der Waals surface area contributed by atoms with Crippen LogP contribution in [0.2, 0.25) is 0 Å². The van der Waals surface area contributed by atoms with E-state index in [0.717, 1.165) is 0 Å². The maximum atomic E-state index is 13.8. The number of fused-ring (bicyclic) bond motifs is 1. The van der Waals surface area contributed by atoms with Crippen LogP contribution in [0.3, 0.4) is 0 Å². The van der Waals surface area contributed by atoms with Gasteiger partial charge in [0.2, 0.25) is 5.43 Å². The fourth-order valence-corrected chi connectivity index (χ4v) is 2.58. The van der Waals surface area contributed by atoms with Crippen LogP contribution in [0.15, 0.2) is 17.1 Å². The smallest absolute Gasteiger partial charge is 0.421 e. The average Bonchev–Trinajstić information content (AvgIpc) is 3.16. The Hall–Kier alpha value is -2.52. The van der Waals surface area contributed by atoms with Gasteiger partial charge in [-0.25, -0.2) is 18.0 Å². The highest BCUT2D eigenvalue weighted by atomic mass is 19.4. The zero-order chi connectivity index (χ0) is 18.0. The summed E-state index contributed by atoms with van der Waals surface area (Å²) >= 11 is 0. The van der Waals surface area contributed by atoms with Crippen LogP contribution in [0.5, 0.6) is 0 Å². The zero-order valence-electron chi connectivity index (χ0n) is 11.5. The van der Waals surface area contributed by atoms with Crippen molar-refractivity contribution in [1.82, 2.24) is 4.57 Å². The molecule has 1 fully saturated rings. The van der Waals surface area contributed by atoms with Crippen LogP contribution in [0, 0.1) is 11.6 Å². The van der Waals surface area contributed by atoms with Crippen molar-refractivity contribution in [2.75, 3.05) is 0 Å². The molecule has 0 radical (unpaired) electrons. The molecule has 2 atom stereocenters. The number of alkyl halides is 4. The number of aromatic nitrogens is 1. The fraction of sp³-hybridized carbons (Fsp3) is 0.286. The predicted octanol–water partition coefficient (Wildman–Crippen LogP) is 3.28. The Kier molecular flexibility index (Phi) is 3.40. The molecular formula is C14H7F6NO3. The summed E-state index contributed by atoms with van der Waals surface area (Å²) in [7, 11) is 0. The van der Waals surface area contributed by atoms with Gasteiger partial charge in [-0.15, -0.1) is 0 Å². The summed E-state index contributed by atoms with van der Waals surface area (Å²) in [6.45, 7) is 0. The van der Waals surface area contributed by atoms with Crippen molar-refractivity contribution in [2.45, 2.75) is 24.8 Å². The highest BCUT2D eigenvalue weighted by Gasteiger charge is 2.44. The molecule has 1 aliphatic rings. The normalized spacial score (nSPS) is 20.4. The minimum absolute atomic E-state index is 0.195. The second kappa shape index (κ2) is 4.99. The number of aromatic carboxylic acids is 1. The third-order valence-corrected chi connectivity index (χ3v) is 3.76. The number of pyridine rings is 1. The van der Waals surface area contributed by atoms with Crippen molar-refractivity contribution >= 4 is 16.9 Å². The largest absolute Gasteiger partial charge is 0.477 e. The van der Waals surface area contributed by atoms with E-state index in [2.05, 4.69) is 0 Å². The number of hydrogen-bond donors (Lipinski definition) is 1. The molecule has 1 aromatic carbocycles. The summed E-state index contributed by atoms with van der Waals surface area (Å²) in [5.41, 5.74) is -5.50. The lowest BCUT2D eigenvalue weighted by Gasteiger charge is -2.18. The Labute approximate surface area is 128 Å². The van der Waals surface area contributed by atoms with Crippen LogP contribution in [0.25, 0.3) is 10.9 Å². The van der Waals surface area contributed by atoms with Gasteiger partial charge >= 0.3 is 12.1 Å². The van der Waals surface area contributed by atoms with E-state index < -0.39 is 63.5 Å². The van der Waals surface area contributed by atoms with Crippen LogP contribution in [0.4, 0.5) is 26.3 Å². The molecule has 2 unspecified atom stereocenters. The van der Waals surface area contributed by atoms with Gasteiger partial charge in [0.15, 0.2) is 11.6 Å². The summed E-state index contributed by atoms with van der Waals surface area (Å²) in [6.07, 6.45) is -6.65. The van der Waals surface area contributed by atoms with Crippen molar-refractivity contribution in [3.8, 4) is 0 Å². The van der Waals surface area contributed by atoms with E-state index in [-0.39, 0.29) is 12.5 Å². The lowest BCUT2D eigenvalue weighted by Crippen LogP contribution is -2.23. The van der Waals surface area contributed by atoms with Gasteiger partial charge in [0.1, 0.15) is 17.3 Å². The van der Waals surface area contributed by atoms with Gasteiger partial charge in [-0.05, 0) is 6.07 Å². The summed E-state index contributed by atoms with van der Waals surface area (Å²) < 4.78 is 80.7. The van der Waals surface area contributed by atoms with Crippen molar-refractivity contribution in [1.29, 1.82) is 0 Å². The standard InChI is InChI=1S/C14H7F6NO3/c15-6-2-8(6)21-3-5(13(23)24)12(22)4-1-7(16)10(17)9(11(4)21)14(18,19)20/h1,3,6,8H,2H2,(H,23,24). The van der Waals surface area contributed by atoms with Gasteiger partial charge in [0.25, 0.3) is 0 Å². The zero-order valence-corrected chi connectivity index (χ0v) is 11.5. The van der Waals surface area contributed by atoms with Crippen molar-refractivity contribution in [3.05, 3.63) is 45.2 Å². The van der Waals surface area contributed by atoms with Gasteiger partial charge in [-0.3, -0.25) is 4.79 Å². The molecule has 1 N–H and O–H groups in total. The summed E-state index contributed by atoms with van der Waals surface area (Å²) in [5.74, 6) is -5.96. The number of halogens is 6. The molecule has 4 nitrogen and oxygen atoms in total. The van der Waals surface area contributed by atoms with Crippen LogP contribution in [-0.2, 0) is 6.18 Å². The van der Waals surface area contributed by atoms with Crippen LogP contribution in [0.1, 0.15) is 28.4 Å². The van der Waals surface area contributed by atoms with E-state index in [0.29, 0.717) is 10.8 Å². The molecule has 10 heteroatoms. The Morgan fingerprint density at radius 1 is 1.29 bits per heavy atom. The first kappa shape index (κ1) is 16.3. The van der Waals surface area contributed by atoms with E-state index in [1.165, 1.54) is 0 Å². The Morgan fingerprint density at radius 2 is 1.88 bits per heavy atom. The van der Waals surface area contributed by atoms with Crippen LogP contribution >= 0.6 is 0 Å². The highest BCUT2D eigenvalue weighted by Crippen LogP contribution is 2.44.